The molecule has 0 aromatic heterocycles. The number of allylic oxidation sites excluding steroid dienone is 4. The molecule has 0 aromatic rings. The quantitative estimate of drug-likeness (QED) is 0.601. The number of unbranched alkanes of at least 4 members (excludes halogenated alkanes) is 1. The van der Waals surface area contributed by atoms with E-state index in [2.05, 4.69) is 13.5 Å². The molecule has 0 fully saturated rings. The van der Waals surface area contributed by atoms with Gasteiger partial charge in [-0.05, 0) is 30.7 Å². The molecular weight excluding hydrogens is 134 g/mol. The van der Waals surface area contributed by atoms with Crippen LogP contribution in [0.5, 0.6) is 0 Å². The summed E-state index contributed by atoms with van der Waals surface area (Å²) in [6, 6.07) is 0. The smallest absolute Gasteiger partial charge is 0.00623 e. The topological polar surface area (TPSA) is 26.0 Å². The van der Waals surface area contributed by atoms with Crippen LogP contribution >= 0.6 is 0 Å². The third-order valence-electron chi connectivity index (χ3n) is 1.50. The summed E-state index contributed by atoms with van der Waals surface area (Å²) in [4.78, 5) is 0. The maximum Gasteiger partial charge on any atom is -0.00623 e. The van der Waals surface area contributed by atoms with E-state index in [9.17, 15) is 0 Å². The van der Waals surface area contributed by atoms with Gasteiger partial charge in [-0.15, -0.1) is 0 Å². The standard InChI is InChI=1S/C10H17N/c1-3-5-7-10(4-2)8-6-9-11/h4,6,8-9H,2-3,5,7,11H2,1H3/b9-6-,10-8+. The molecule has 11 heavy (non-hydrogen) atoms. The fraction of sp³-hybridized carbons (Fsp3) is 0.400. The predicted molar refractivity (Wildman–Crippen MR) is 51.1 cm³/mol. The zero-order valence-electron chi connectivity index (χ0n) is 7.22. The Morgan fingerprint density at radius 3 is 2.73 bits per heavy atom. The third kappa shape index (κ3) is 5.46. The Hall–Kier alpha value is -0.980. The molecule has 0 bridgehead atoms. The van der Waals surface area contributed by atoms with Gasteiger partial charge in [-0.2, -0.15) is 0 Å². The SMILES string of the molecule is C=C/C(=C\C=C/N)CCCC. The van der Waals surface area contributed by atoms with Crippen molar-refractivity contribution in [3.63, 3.8) is 0 Å². The maximum absolute atomic E-state index is 5.20. The van der Waals surface area contributed by atoms with Gasteiger partial charge in [0.25, 0.3) is 0 Å². The molecule has 0 spiro atoms. The minimum absolute atomic E-state index is 1.10. The van der Waals surface area contributed by atoms with Crippen molar-refractivity contribution in [2.75, 3.05) is 0 Å². The van der Waals surface area contributed by atoms with Crippen LogP contribution in [0.25, 0.3) is 0 Å². The first kappa shape index (κ1) is 10.0. The van der Waals surface area contributed by atoms with Crippen molar-refractivity contribution in [3.05, 3.63) is 36.6 Å². The van der Waals surface area contributed by atoms with Gasteiger partial charge in [0.1, 0.15) is 0 Å². The summed E-state index contributed by atoms with van der Waals surface area (Å²) in [5.74, 6) is 0. The van der Waals surface area contributed by atoms with Gasteiger partial charge in [-0.3, -0.25) is 0 Å². The van der Waals surface area contributed by atoms with E-state index in [4.69, 9.17) is 5.73 Å². The summed E-state index contributed by atoms with van der Waals surface area (Å²) in [7, 11) is 0. The van der Waals surface area contributed by atoms with Crippen LogP contribution < -0.4 is 5.73 Å². The molecule has 0 aliphatic carbocycles. The molecular formula is C10H17N. The lowest BCUT2D eigenvalue weighted by molar-refractivity contribution is 0.798. The second-order valence-electron chi connectivity index (χ2n) is 2.43. The van der Waals surface area contributed by atoms with E-state index < -0.39 is 0 Å². The van der Waals surface area contributed by atoms with Gasteiger partial charge >= 0.3 is 0 Å². The first-order chi connectivity index (χ1) is 5.35. The molecule has 0 aliphatic rings. The van der Waals surface area contributed by atoms with Crippen LogP contribution in [-0.2, 0) is 0 Å². The van der Waals surface area contributed by atoms with E-state index in [0.29, 0.717) is 0 Å². The van der Waals surface area contributed by atoms with Gasteiger partial charge in [0.05, 0.1) is 0 Å². The monoisotopic (exact) mass is 151 g/mol. The van der Waals surface area contributed by atoms with Crippen molar-refractivity contribution in [2.24, 2.45) is 5.73 Å². The number of rotatable bonds is 5. The van der Waals surface area contributed by atoms with Gasteiger partial charge in [0, 0.05) is 0 Å². The maximum atomic E-state index is 5.20. The average Bonchev–Trinajstić information content (AvgIpc) is 2.05. The second kappa shape index (κ2) is 7.13. The molecule has 0 aromatic carbocycles. The number of hydrogen-bond donors (Lipinski definition) is 1. The molecule has 1 nitrogen and oxygen atoms in total. The first-order valence-corrected chi connectivity index (χ1v) is 4.05. The molecule has 0 radical (unpaired) electrons. The normalized spacial score (nSPS) is 12.3. The van der Waals surface area contributed by atoms with E-state index >= 15 is 0 Å². The lowest BCUT2D eigenvalue weighted by Gasteiger charge is -1.97. The largest absolute Gasteiger partial charge is 0.405 e. The summed E-state index contributed by atoms with van der Waals surface area (Å²) < 4.78 is 0. The molecule has 0 saturated carbocycles. The lowest BCUT2D eigenvalue weighted by atomic mass is 10.1. The summed E-state index contributed by atoms with van der Waals surface area (Å²) >= 11 is 0. The van der Waals surface area contributed by atoms with Gasteiger partial charge in [-0.1, -0.05) is 32.1 Å². The summed E-state index contributed by atoms with van der Waals surface area (Å²) in [6.45, 7) is 5.90. The highest BCUT2D eigenvalue weighted by molar-refractivity contribution is 5.21. The lowest BCUT2D eigenvalue weighted by Crippen LogP contribution is -1.79. The number of nitrogens with two attached hydrogens (primary N) is 1. The second-order valence-corrected chi connectivity index (χ2v) is 2.43. The van der Waals surface area contributed by atoms with E-state index in [1.54, 1.807) is 0 Å². The Morgan fingerprint density at radius 2 is 2.27 bits per heavy atom. The Morgan fingerprint density at radius 1 is 1.55 bits per heavy atom. The summed E-state index contributed by atoms with van der Waals surface area (Å²) in [6.07, 6.45) is 10.8. The van der Waals surface area contributed by atoms with Gasteiger partial charge in [0.2, 0.25) is 0 Å². The van der Waals surface area contributed by atoms with Crippen molar-refractivity contribution in [3.8, 4) is 0 Å². The molecule has 0 heterocycles. The van der Waals surface area contributed by atoms with E-state index in [-0.39, 0.29) is 0 Å². The van der Waals surface area contributed by atoms with Crippen molar-refractivity contribution in [1.29, 1.82) is 0 Å². The molecule has 0 saturated heterocycles. The molecule has 0 atom stereocenters. The van der Waals surface area contributed by atoms with E-state index in [1.807, 2.05) is 18.2 Å². The number of hydrogen-bond acceptors (Lipinski definition) is 1. The highest BCUT2D eigenvalue weighted by Gasteiger charge is 1.87. The predicted octanol–water partition coefficient (Wildman–Crippen LogP) is 2.76. The Balaban J connectivity index is 3.83. The molecule has 0 aliphatic heterocycles. The van der Waals surface area contributed by atoms with Crippen LogP contribution in [0.3, 0.4) is 0 Å². The van der Waals surface area contributed by atoms with Crippen LogP contribution in [0.15, 0.2) is 36.6 Å². The summed E-state index contributed by atoms with van der Waals surface area (Å²) in [5.41, 5.74) is 6.46. The molecule has 0 amide bonds. The van der Waals surface area contributed by atoms with Crippen LogP contribution in [0.2, 0.25) is 0 Å². The van der Waals surface area contributed by atoms with Crippen molar-refractivity contribution < 1.29 is 0 Å². The van der Waals surface area contributed by atoms with Crippen LogP contribution in [-0.4, -0.2) is 0 Å². The molecule has 0 unspecified atom stereocenters. The third-order valence-corrected chi connectivity index (χ3v) is 1.50. The van der Waals surface area contributed by atoms with Crippen molar-refractivity contribution in [2.45, 2.75) is 26.2 Å². The molecule has 2 N–H and O–H groups in total. The average molecular weight is 151 g/mol. The molecule has 62 valence electrons. The van der Waals surface area contributed by atoms with E-state index in [0.717, 1.165) is 6.42 Å². The highest BCUT2D eigenvalue weighted by Crippen LogP contribution is 2.07. The van der Waals surface area contributed by atoms with Gasteiger partial charge in [-0.25, -0.2) is 0 Å². The minimum atomic E-state index is 1.10. The molecule has 0 rings (SSSR count). The Kier molecular flexibility index (Phi) is 6.50. The van der Waals surface area contributed by atoms with Crippen LogP contribution in [0.4, 0.5) is 0 Å². The Labute approximate surface area is 69.3 Å². The molecule has 1 heteroatoms. The van der Waals surface area contributed by atoms with Crippen molar-refractivity contribution in [1.82, 2.24) is 0 Å². The Bertz CT molecular complexity index is 154. The van der Waals surface area contributed by atoms with E-state index in [1.165, 1.54) is 24.6 Å². The minimum Gasteiger partial charge on any atom is -0.405 e. The van der Waals surface area contributed by atoms with Gasteiger partial charge in [0.15, 0.2) is 0 Å². The van der Waals surface area contributed by atoms with Crippen LogP contribution in [0.1, 0.15) is 26.2 Å². The summed E-state index contributed by atoms with van der Waals surface area (Å²) in [5, 5.41) is 0. The van der Waals surface area contributed by atoms with Crippen molar-refractivity contribution >= 4 is 0 Å². The van der Waals surface area contributed by atoms with Gasteiger partial charge < -0.3 is 5.73 Å². The zero-order valence-corrected chi connectivity index (χ0v) is 7.22. The fourth-order valence-corrected chi connectivity index (χ4v) is 0.813. The fourth-order valence-electron chi connectivity index (χ4n) is 0.813. The highest BCUT2D eigenvalue weighted by atomic mass is 14.5. The zero-order chi connectivity index (χ0) is 8.53. The van der Waals surface area contributed by atoms with Crippen LogP contribution in [0, 0.1) is 0 Å². The first-order valence-electron chi connectivity index (χ1n) is 4.05.